The van der Waals surface area contributed by atoms with Crippen molar-refractivity contribution in [1.29, 1.82) is 0 Å². The van der Waals surface area contributed by atoms with Gasteiger partial charge in [-0.05, 0) is 38.0 Å². The lowest BCUT2D eigenvalue weighted by atomic mass is 10.1. The number of alkyl halides is 1. The van der Waals surface area contributed by atoms with Crippen molar-refractivity contribution in [1.82, 2.24) is 5.32 Å². The molecule has 4 heteroatoms. The quantitative estimate of drug-likeness (QED) is 0.826. The summed E-state index contributed by atoms with van der Waals surface area (Å²) in [5.74, 6) is -0.00718. The fourth-order valence-electron chi connectivity index (χ4n) is 1.39. The van der Waals surface area contributed by atoms with Gasteiger partial charge in [-0.15, -0.1) is 0 Å². The van der Waals surface area contributed by atoms with Crippen LogP contribution >= 0.6 is 31.9 Å². The van der Waals surface area contributed by atoms with Gasteiger partial charge in [0.05, 0.1) is 0 Å². The lowest BCUT2D eigenvalue weighted by molar-refractivity contribution is 0.0939. The minimum atomic E-state index is -0.00718. The number of carbonyl (C=O) groups is 1. The van der Waals surface area contributed by atoms with Gasteiger partial charge in [0.1, 0.15) is 0 Å². The first-order valence-electron chi connectivity index (χ1n) is 5.18. The van der Waals surface area contributed by atoms with Crippen molar-refractivity contribution in [3.63, 3.8) is 0 Å². The Hall–Kier alpha value is -0.350. The highest BCUT2D eigenvalue weighted by molar-refractivity contribution is 9.10. The summed E-state index contributed by atoms with van der Waals surface area (Å²) in [6.07, 6.45) is 0.929. The number of amides is 1. The maximum Gasteiger partial charge on any atom is 0.251 e. The molecule has 1 unspecified atom stereocenters. The second kappa shape index (κ2) is 6.40. The monoisotopic (exact) mass is 347 g/mol. The summed E-state index contributed by atoms with van der Waals surface area (Å²) < 4.78 is 0.966. The Balaban J connectivity index is 2.77. The molecular weight excluding hydrogens is 334 g/mol. The van der Waals surface area contributed by atoms with Gasteiger partial charge >= 0.3 is 0 Å². The zero-order valence-corrected chi connectivity index (χ0v) is 12.6. The van der Waals surface area contributed by atoms with E-state index in [0.29, 0.717) is 0 Å². The molecule has 0 bridgehead atoms. The summed E-state index contributed by atoms with van der Waals surface area (Å²) >= 11 is 6.79. The standard InChI is InChI=1S/C12H15Br2NO/c1-8(6-7-13)15-12(16)10-4-3-5-11(14)9(10)2/h3-5,8H,6-7H2,1-2H3,(H,15,16). The number of hydrogen-bond donors (Lipinski definition) is 1. The van der Waals surface area contributed by atoms with E-state index in [1.54, 1.807) is 0 Å². The minimum Gasteiger partial charge on any atom is -0.350 e. The van der Waals surface area contributed by atoms with Gasteiger partial charge in [0.25, 0.3) is 5.91 Å². The van der Waals surface area contributed by atoms with Gasteiger partial charge in [-0.3, -0.25) is 4.79 Å². The minimum absolute atomic E-state index is 0.00718. The average molecular weight is 349 g/mol. The van der Waals surface area contributed by atoms with Crippen LogP contribution in [0.15, 0.2) is 22.7 Å². The molecule has 0 aliphatic heterocycles. The number of rotatable bonds is 4. The Bertz CT molecular complexity index is 379. The van der Waals surface area contributed by atoms with Crippen molar-refractivity contribution in [2.45, 2.75) is 26.3 Å². The van der Waals surface area contributed by atoms with E-state index in [4.69, 9.17) is 0 Å². The molecule has 0 spiro atoms. The van der Waals surface area contributed by atoms with Gasteiger partial charge in [-0.25, -0.2) is 0 Å². The van der Waals surface area contributed by atoms with E-state index >= 15 is 0 Å². The van der Waals surface area contributed by atoms with Crippen LogP contribution in [0.25, 0.3) is 0 Å². The molecule has 0 heterocycles. The summed E-state index contributed by atoms with van der Waals surface area (Å²) in [4.78, 5) is 12.0. The third-order valence-electron chi connectivity index (χ3n) is 2.43. The molecule has 0 saturated carbocycles. The summed E-state index contributed by atoms with van der Waals surface area (Å²) in [6.45, 7) is 3.95. The average Bonchev–Trinajstić information content (AvgIpc) is 2.22. The van der Waals surface area contributed by atoms with E-state index in [1.165, 1.54) is 0 Å². The maximum atomic E-state index is 12.0. The fourth-order valence-corrected chi connectivity index (χ4v) is 2.44. The molecule has 2 nitrogen and oxygen atoms in total. The van der Waals surface area contributed by atoms with Gasteiger partial charge in [0.2, 0.25) is 0 Å². The van der Waals surface area contributed by atoms with Gasteiger partial charge in [-0.2, -0.15) is 0 Å². The van der Waals surface area contributed by atoms with Crippen molar-refractivity contribution in [3.8, 4) is 0 Å². The van der Waals surface area contributed by atoms with E-state index in [9.17, 15) is 4.79 Å². The third-order valence-corrected chi connectivity index (χ3v) is 3.75. The molecular formula is C12H15Br2NO. The molecule has 0 aliphatic carbocycles. The molecule has 1 atom stereocenters. The van der Waals surface area contributed by atoms with Crippen LogP contribution in [0.4, 0.5) is 0 Å². The summed E-state index contributed by atoms with van der Waals surface area (Å²) in [5, 5.41) is 3.87. The molecule has 0 aliphatic rings. The molecule has 88 valence electrons. The first-order valence-corrected chi connectivity index (χ1v) is 7.09. The van der Waals surface area contributed by atoms with Crippen LogP contribution in [0.2, 0.25) is 0 Å². The predicted octanol–water partition coefficient (Wildman–Crippen LogP) is 3.66. The van der Waals surface area contributed by atoms with Gasteiger partial charge in [0, 0.05) is 21.4 Å². The number of benzene rings is 1. The first kappa shape index (κ1) is 13.7. The molecule has 1 aromatic carbocycles. The van der Waals surface area contributed by atoms with Crippen molar-refractivity contribution < 1.29 is 4.79 Å². The largest absolute Gasteiger partial charge is 0.350 e. The van der Waals surface area contributed by atoms with Crippen molar-refractivity contribution >= 4 is 37.8 Å². The van der Waals surface area contributed by atoms with E-state index in [0.717, 1.165) is 27.4 Å². The summed E-state index contributed by atoms with van der Waals surface area (Å²) in [5.41, 5.74) is 1.71. The molecule has 1 rings (SSSR count). The van der Waals surface area contributed by atoms with Crippen molar-refractivity contribution in [3.05, 3.63) is 33.8 Å². The number of halogens is 2. The Labute approximate surface area is 113 Å². The Kier molecular flexibility index (Phi) is 5.49. The Morgan fingerprint density at radius 3 is 2.81 bits per heavy atom. The van der Waals surface area contributed by atoms with Crippen LogP contribution < -0.4 is 5.32 Å². The molecule has 0 fully saturated rings. The van der Waals surface area contributed by atoms with Crippen LogP contribution in [-0.4, -0.2) is 17.3 Å². The maximum absolute atomic E-state index is 12.0. The lowest BCUT2D eigenvalue weighted by Crippen LogP contribution is -2.33. The number of nitrogens with one attached hydrogen (secondary N) is 1. The van der Waals surface area contributed by atoms with E-state index in [2.05, 4.69) is 37.2 Å². The molecule has 0 saturated heterocycles. The number of hydrogen-bond acceptors (Lipinski definition) is 1. The SMILES string of the molecule is Cc1c(Br)cccc1C(=O)NC(C)CCBr. The highest BCUT2D eigenvalue weighted by atomic mass is 79.9. The van der Waals surface area contributed by atoms with E-state index < -0.39 is 0 Å². The van der Waals surface area contributed by atoms with Crippen LogP contribution in [0.5, 0.6) is 0 Å². The topological polar surface area (TPSA) is 29.1 Å². The zero-order chi connectivity index (χ0) is 12.1. The van der Waals surface area contributed by atoms with E-state index in [1.807, 2.05) is 32.0 Å². The van der Waals surface area contributed by atoms with Crippen molar-refractivity contribution in [2.75, 3.05) is 5.33 Å². The van der Waals surface area contributed by atoms with Crippen LogP contribution in [-0.2, 0) is 0 Å². The predicted molar refractivity (Wildman–Crippen MR) is 74.2 cm³/mol. The van der Waals surface area contributed by atoms with Crippen LogP contribution in [0.1, 0.15) is 29.3 Å². The van der Waals surface area contributed by atoms with Gasteiger partial charge in [-0.1, -0.05) is 37.9 Å². The summed E-state index contributed by atoms with van der Waals surface area (Å²) in [6, 6.07) is 5.84. The highest BCUT2D eigenvalue weighted by Gasteiger charge is 2.12. The third kappa shape index (κ3) is 3.59. The van der Waals surface area contributed by atoms with E-state index in [-0.39, 0.29) is 11.9 Å². The molecule has 1 N–H and O–H groups in total. The van der Waals surface area contributed by atoms with Crippen LogP contribution in [0, 0.1) is 6.92 Å². The first-order chi connectivity index (χ1) is 7.56. The van der Waals surface area contributed by atoms with Crippen LogP contribution in [0.3, 0.4) is 0 Å². The van der Waals surface area contributed by atoms with Gasteiger partial charge < -0.3 is 5.32 Å². The normalized spacial score (nSPS) is 12.2. The van der Waals surface area contributed by atoms with Crippen molar-refractivity contribution in [2.24, 2.45) is 0 Å². The number of carbonyl (C=O) groups excluding carboxylic acids is 1. The molecule has 1 amide bonds. The molecule has 0 radical (unpaired) electrons. The molecule has 16 heavy (non-hydrogen) atoms. The zero-order valence-electron chi connectivity index (χ0n) is 9.39. The second-order valence-electron chi connectivity index (χ2n) is 3.76. The smallest absolute Gasteiger partial charge is 0.251 e. The fraction of sp³-hybridized carbons (Fsp3) is 0.417. The molecule has 1 aromatic rings. The lowest BCUT2D eigenvalue weighted by Gasteiger charge is -2.14. The highest BCUT2D eigenvalue weighted by Crippen LogP contribution is 2.19. The van der Waals surface area contributed by atoms with Gasteiger partial charge in [0.15, 0.2) is 0 Å². The summed E-state index contributed by atoms with van der Waals surface area (Å²) in [7, 11) is 0. The Morgan fingerprint density at radius 2 is 2.19 bits per heavy atom. The Morgan fingerprint density at radius 1 is 1.50 bits per heavy atom. The molecule has 0 aromatic heterocycles. The second-order valence-corrected chi connectivity index (χ2v) is 5.41.